The van der Waals surface area contributed by atoms with Crippen molar-refractivity contribution in [3.05, 3.63) is 35.9 Å². The molecule has 0 unspecified atom stereocenters. The first-order chi connectivity index (χ1) is 11.9. The number of quaternary nitrogens is 1. The lowest BCUT2D eigenvalue weighted by atomic mass is 9.90. The smallest absolute Gasteiger partial charge is 0.275 e. The van der Waals surface area contributed by atoms with Crippen LogP contribution in [0.1, 0.15) is 18.4 Å². The summed E-state index contributed by atoms with van der Waals surface area (Å²) in [4.78, 5) is 13.5. The van der Waals surface area contributed by atoms with Gasteiger partial charge in [0.1, 0.15) is 0 Å². The van der Waals surface area contributed by atoms with Gasteiger partial charge in [0.2, 0.25) is 0 Å². The Bertz CT molecular complexity index is 688. The molecular formula is C18H26ClN2O3S+. The van der Waals surface area contributed by atoms with E-state index in [1.807, 2.05) is 6.07 Å². The number of amides is 1. The van der Waals surface area contributed by atoms with Gasteiger partial charge in [-0.25, -0.2) is 8.42 Å². The van der Waals surface area contributed by atoms with E-state index in [1.165, 1.54) is 10.5 Å². The zero-order valence-corrected chi connectivity index (χ0v) is 15.9. The number of carbonyl (C=O) groups excluding carboxylic acids is 1. The first-order valence-electron chi connectivity index (χ1n) is 8.92. The van der Waals surface area contributed by atoms with Crippen LogP contribution in [-0.4, -0.2) is 56.9 Å². The van der Waals surface area contributed by atoms with Gasteiger partial charge in [0.25, 0.3) is 5.91 Å². The molecule has 1 amide bonds. The lowest BCUT2D eigenvalue weighted by Crippen LogP contribution is -3.14. The van der Waals surface area contributed by atoms with Crippen molar-refractivity contribution < 1.29 is 18.1 Å². The van der Waals surface area contributed by atoms with Crippen LogP contribution in [0, 0.1) is 5.92 Å². The molecule has 0 saturated carbocycles. The van der Waals surface area contributed by atoms with Gasteiger partial charge in [-0.2, -0.15) is 0 Å². The Balaban J connectivity index is 1.41. The van der Waals surface area contributed by atoms with Crippen LogP contribution in [0.3, 0.4) is 0 Å². The van der Waals surface area contributed by atoms with Gasteiger partial charge >= 0.3 is 0 Å². The summed E-state index contributed by atoms with van der Waals surface area (Å²) in [6.45, 7) is 2.37. The summed E-state index contributed by atoms with van der Waals surface area (Å²) in [5, 5.41) is 2.30. The minimum Gasteiger partial charge on any atom is -0.346 e. The van der Waals surface area contributed by atoms with Crippen molar-refractivity contribution in [1.82, 2.24) is 5.32 Å². The molecule has 1 aromatic rings. The minimum absolute atomic E-state index is 0.0403. The highest BCUT2D eigenvalue weighted by molar-refractivity contribution is 7.91. The normalized spacial score (nSPS) is 31.6. The second-order valence-corrected chi connectivity index (χ2v) is 10.0. The summed E-state index contributed by atoms with van der Waals surface area (Å²) < 4.78 is 23.1. The molecule has 2 aliphatic heterocycles. The quantitative estimate of drug-likeness (QED) is 0.703. The number of hydrogen-bond donors (Lipinski definition) is 2. The fourth-order valence-electron chi connectivity index (χ4n) is 3.84. The number of nitrogens with one attached hydrogen (secondary N) is 2. The number of likely N-dealkylation sites (tertiary alicyclic amines) is 1. The van der Waals surface area contributed by atoms with Crippen LogP contribution < -0.4 is 10.2 Å². The third-order valence-corrected chi connectivity index (χ3v) is 7.60. The van der Waals surface area contributed by atoms with Crippen molar-refractivity contribution in [3.8, 4) is 0 Å². The topological polar surface area (TPSA) is 67.7 Å². The van der Waals surface area contributed by atoms with E-state index in [0.717, 1.165) is 32.4 Å². The van der Waals surface area contributed by atoms with Crippen molar-refractivity contribution in [2.75, 3.05) is 31.1 Å². The highest BCUT2D eigenvalue weighted by Gasteiger charge is 2.37. The molecule has 5 nitrogen and oxygen atoms in total. The Labute approximate surface area is 154 Å². The van der Waals surface area contributed by atoms with Crippen LogP contribution >= 0.6 is 11.6 Å². The van der Waals surface area contributed by atoms with Crippen molar-refractivity contribution in [1.29, 1.82) is 0 Å². The summed E-state index contributed by atoms with van der Waals surface area (Å²) in [6, 6.07) is 10.1. The van der Waals surface area contributed by atoms with Crippen molar-refractivity contribution in [3.63, 3.8) is 0 Å². The van der Waals surface area contributed by atoms with E-state index in [4.69, 9.17) is 11.6 Å². The molecule has 1 aromatic carbocycles. The number of benzene rings is 1. The average Bonchev–Trinajstić information content (AvgIpc) is 2.82. The van der Waals surface area contributed by atoms with Gasteiger partial charge in [0, 0.05) is 0 Å². The molecule has 7 heteroatoms. The third-order valence-electron chi connectivity index (χ3n) is 5.22. The molecule has 2 heterocycles. The Morgan fingerprint density at radius 2 is 1.84 bits per heavy atom. The maximum Gasteiger partial charge on any atom is 0.275 e. The number of sulfone groups is 1. The fourth-order valence-corrected chi connectivity index (χ4v) is 6.39. The first-order valence-corrected chi connectivity index (χ1v) is 11.2. The standard InChI is InChI=1S/C18H25ClN2O3S/c19-16-12-25(23,24)13-17(16)20-18(22)11-21-8-6-15(7-9-21)10-14-4-2-1-3-5-14/h1-5,15-17H,6-13H2,(H,20,22)/p+1/t16-,17-/m1/s1. The molecule has 0 aliphatic carbocycles. The van der Waals surface area contributed by atoms with E-state index in [-0.39, 0.29) is 17.4 Å². The van der Waals surface area contributed by atoms with Crippen LogP contribution in [0.5, 0.6) is 0 Å². The number of alkyl halides is 1. The molecule has 2 fully saturated rings. The molecule has 2 atom stereocenters. The molecule has 25 heavy (non-hydrogen) atoms. The summed E-state index contributed by atoms with van der Waals surface area (Å²) in [7, 11) is -3.11. The van der Waals surface area contributed by atoms with Gasteiger partial charge in [-0.3, -0.25) is 4.79 Å². The summed E-state index contributed by atoms with van der Waals surface area (Å²) in [6.07, 6.45) is 3.34. The van der Waals surface area contributed by atoms with E-state index in [1.54, 1.807) is 0 Å². The number of rotatable bonds is 5. The lowest BCUT2D eigenvalue weighted by Gasteiger charge is -2.29. The predicted molar refractivity (Wildman–Crippen MR) is 98.7 cm³/mol. The fraction of sp³-hybridized carbons (Fsp3) is 0.611. The Hall–Kier alpha value is -1.11. The highest BCUT2D eigenvalue weighted by Crippen LogP contribution is 2.18. The maximum absolute atomic E-state index is 12.2. The third kappa shape index (κ3) is 5.43. The molecule has 2 saturated heterocycles. The molecule has 2 aliphatic rings. The van der Waals surface area contributed by atoms with E-state index in [2.05, 4.69) is 29.6 Å². The van der Waals surface area contributed by atoms with E-state index < -0.39 is 21.3 Å². The summed E-state index contributed by atoms with van der Waals surface area (Å²) in [5.74, 6) is 0.504. The monoisotopic (exact) mass is 385 g/mol. The van der Waals surface area contributed by atoms with E-state index in [9.17, 15) is 13.2 Å². The van der Waals surface area contributed by atoms with Gasteiger partial charge < -0.3 is 10.2 Å². The molecular weight excluding hydrogens is 360 g/mol. The molecule has 0 aromatic heterocycles. The van der Waals surface area contributed by atoms with Gasteiger partial charge in [0.15, 0.2) is 16.4 Å². The summed E-state index contributed by atoms with van der Waals surface area (Å²) in [5.41, 5.74) is 1.38. The average molecular weight is 386 g/mol. The zero-order valence-electron chi connectivity index (χ0n) is 14.3. The van der Waals surface area contributed by atoms with Crippen molar-refractivity contribution in [2.24, 2.45) is 5.92 Å². The largest absolute Gasteiger partial charge is 0.346 e. The first kappa shape index (κ1) is 18.7. The molecule has 138 valence electrons. The molecule has 3 rings (SSSR count). The Morgan fingerprint density at radius 3 is 2.44 bits per heavy atom. The van der Waals surface area contributed by atoms with E-state index >= 15 is 0 Å². The van der Waals surface area contributed by atoms with E-state index in [0.29, 0.717) is 12.5 Å². The number of halogens is 1. The van der Waals surface area contributed by atoms with Gasteiger partial charge in [-0.05, 0) is 30.7 Å². The van der Waals surface area contributed by atoms with Crippen LogP contribution in [0.2, 0.25) is 0 Å². The van der Waals surface area contributed by atoms with Crippen LogP contribution in [-0.2, 0) is 21.1 Å². The SMILES string of the molecule is O=C(C[NH+]1CCC(Cc2ccccc2)CC1)N[C@@H]1CS(=O)(=O)C[C@H]1Cl. The Morgan fingerprint density at radius 1 is 1.16 bits per heavy atom. The van der Waals surface area contributed by atoms with Crippen molar-refractivity contribution >= 4 is 27.3 Å². The summed E-state index contributed by atoms with van der Waals surface area (Å²) >= 11 is 6.05. The zero-order chi connectivity index (χ0) is 17.9. The van der Waals surface area contributed by atoms with Gasteiger partial charge in [0.05, 0.1) is 36.0 Å². The predicted octanol–water partition coefficient (Wildman–Crippen LogP) is 0.0446. The second-order valence-electron chi connectivity index (χ2n) is 7.33. The molecule has 0 spiro atoms. The van der Waals surface area contributed by atoms with Gasteiger partial charge in [-0.1, -0.05) is 30.3 Å². The molecule has 0 bridgehead atoms. The Kier molecular flexibility index (Phi) is 6.02. The molecule has 0 radical (unpaired) electrons. The van der Waals surface area contributed by atoms with Crippen LogP contribution in [0.15, 0.2) is 30.3 Å². The maximum atomic E-state index is 12.2. The van der Waals surface area contributed by atoms with Crippen LogP contribution in [0.4, 0.5) is 0 Å². The number of piperidine rings is 1. The number of carbonyl (C=O) groups is 1. The lowest BCUT2D eigenvalue weighted by molar-refractivity contribution is -0.898. The molecule has 2 N–H and O–H groups in total. The van der Waals surface area contributed by atoms with Gasteiger partial charge in [-0.15, -0.1) is 11.6 Å². The van der Waals surface area contributed by atoms with Crippen LogP contribution in [0.25, 0.3) is 0 Å². The number of hydrogen-bond acceptors (Lipinski definition) is 3. The minimum atomic E-state index is -3.11. The second kappa shape index (κ2) is 8.06. The highest BCUT2D eigenvalue weighted by atomic mass is 35.5. The van der Waals surface area contributed by atoms with Crippen molar-refractivity contribution in [2.45, 2.75) is 30.7 Å².